The van der Waals surface area contributed by atoms with Crippen molar-refractivity contribution in [3.05, 3.63) is 75.8 Å². The Hall–Kier alpha value is -5.21. The molecule has 0 radical (unpaired) electrons. The number of aromatic hydroxyl groups is 1. The number of imide groups is 1. The molecule has 0 aliphatic heterocycles. The Bertz CT molecular complexity index is 1730. The third-order valence-corrected chi connectivity index (χ3v) is 8.69. The van der Waals surface area contributed by atoms with Crippen molar-refractivity contribution >= 4 is 40.8 Å². The van der Waals surface area contributed by atoms with Crippen molar-refractivity contribution in [3.63, 3.8) is 0 Å². The molecule has 45 heavy (non-hydrogen) atoms. The molecular formula is C31H33N5O9. The van der Waals surface area contributed by atoms with Gasteiger partial charge in [-0.05, 0) is 56.6 Å². The first-order chi connectivity index (χ1) is 21.1. The number of rotatable bonds is 5. The summed E-state index contributed by atoms with van der Waals surface area (Å²) in [4.78, 5) is 68.1. The number of urea groups is 1. The highest BCUT2D eigenvalue weighted by Crippen LogP contribution is 2.53. The summed E-state index contributed by atoms with van der Waals surface area (Å²) in [5.74, 6) is -8.52. The van der Waals surface area contributed by atoms with Gasteiger partial charge in [-0.3, -0.25) is 29.4 Å². The Morgan fingerprint density at radius 2 is 1.67 bits per heavy atom. The number of anilines is 2. The van der Waals surface area contributed by atoms with Gasteiger partial charge in [0.2, 0.25) is 5.78 Å². The molecule has 0 spiro atoms. The molecule has 0 saturated heterocycles. The number of nitrogens with zero attached hydrogens (tertiary/aromatic N) is 2. The number of carbonyl (C=O) groups excluding carboxylic acids is 5. The lowest BCUT2D eigenvalue weighted by Crippen LogP contribution is -2.63. The van der Waals surface area contributed by atoms with Crippen molar-refractivity contribution in [3.8, 4) is 5.75 Å². The SMILES string of the molecule is CN(C)c1cc(NC(=O)NC(=O)c2ccccc2)c(O)c2c1CC1CC3C(N(C)C)C(O)=C(C(N)=O)C(=O)C3(O)C(O)=C1C2=O. The van der Waals surface area contributed by atoms with E-state index in [1.807, 2.05) is 0 Å². The number of ketones is 2. The Kier molecular flexibility index (Phi) is 7.67. The van der Waals surface area contributed by atoms with E-state index in [4.69, 9.17) is 5.73 Å². The van der Waals surface area contributed by atoms with Gasteiger partial charge < -0.3 is 36.4 Å². The van der Waals surface area contributed by atoms with Crippen LogP contribution in [0.3, 0.4) is 0 Å². The van der Waals surface area contributed by atoms with E-state index in [9.17, 15) is 44.4 Å². The highest BCUT2D eigenvalue weighted by atomic mass is 16.3. The van der Waals surface area contributed by atoms with Gasteiger partial charge in [0.1, 0.15) is 17.1 Å². The average molecular weight is 620 g/mol. The van der Waals surface area contributed by atoms with Crippen molar-refractivity contribution in [1.82, 2.24) is 10.2 Å². The number of hydrogen-bond acceptors (Lipinski definition) is 11. The van der Waals surface area contributed by atoms with E-state index in [1.165, 1.54) is 23.1 Å². The van der Waals surface area contributed by atoms with E-state index in [0.717, 1.165) is 0 Å². The first-order valence-electron chi connectivity index (χ1n) is 14.0. The number of phenols is 1. The highest BCUT2D eigenvalue weighted by Gasteiger charge is 2.63. The topological polar surface area (TPSA) is 223 Å². The summed E-state index contributed by atoms with van der Waals surface area (Å²) in [7, 11) is 6.46. The van der Waals surface area contributed by atoms with Crippen LogP contribution >= 0.6 is 0 Å². The predicted octanol–water partition coefficient (Wildman–Crippen LogP) is 1.15. The van der Waals surface area contributed by atoms with Gasteiger partial charge >= 0.3 is 6.03 Å². The maximum absolute atomic E-state index is 14.1. The Morgan fingerprint density at radius 3 is 2.24 bits per heavy atom. The minimum atomic E-state index is -2.78. The van der Waals surface area contributed by atoms with Crippen LogP contribution in [-0.2, 0) is 16.0 Å². The number of phenolic OH excluding ortho intramolecular Hbond substituents is 1. The van der Waals surface area contributed by atoms with Crippen LogP contribution in [0.25, 0.3) is 0 Å². The molecule has 0 heterocycles. The number of likely N-dealkylation sites (N-methyl/N-ethyl adjacent to an activating group) is 1. The predicted molar refractivity (Wildman–Crippen MR) is 161 cm³/mol. The molecule has 236 valence electrons. The van der Waals surface area contributed by atoms with Crippen molar-refractivity contribution in [2.75, 3.05) is 38.4 Å². The molecule has 3 aliphatic carbocycles. The molecule has 4 unspecified atom stereocenters. The second kappa shape index (κ2) is 11.1. The van der Waals surface area contributed by atoms with E-state index >= 15 is 0 Å². The zero-order valence-corrected chi connectivity index (χ0v) is 24.9. The number of carbonyl (C=O) groups is 5. The minimum Gasteiger partial charge on any atom is -0.510 e. The average Bonchev–Trinajstić information content (AvgIpc) is 2.96. The third kappa shape index (κ3) is 4.78. The summed E-state index contributed by atoms with van der Waals surface area (Å²) in [5, 5.41) is 50.0. The molecule has 0 fully saturated rings. The summed E-state index contributed by atoms with van der Waals surface area (Å²) < 4.78 is 0. The second-order valence-electron chi connectivity index (χ2n) is 11.8. The zero-order chi connectivity index (χ0) is 33.1. The fraction of sp³-hybridized carbons (Fsp3) is 0.323. The maximum atomic E-state index is 14.1. The van der Waals surface area contributed by atoms with Gasteiger partial charge in [0.15, 0.2) is 17.1 Å². The van der Waals surface area contributed by atoms with Crippen LogP contribution in [0.15, 0.2) is 59.1 Å². The van der Waals surface area contributed by atoms with Crippen molar-refractivity contribution < 1.29 is 44.4 Å². The number of aliphatic hydroxyl groups excluding tert-OH is 2. The molecular weight excluding hydrogens is 586 g/mol. The quantitative estimate of drug-likeness (QED) is 0.186. The monoisotopic (exact) mass is 619 g/mol. The van der Waals surface area contributed by atoms with Gasteiger partial charge in [-0.15, -0.1) is 0 Å². The number of Topliss-reactive ketones (excluding diaryl/α,β-unsaturated/α-hetero) is 2. The number of fused-ring (bicyclic) bond motifs is 3. The molecule has 14 heteroatoms. The lowest BCUT2D eigenvalue weighted by Gasteiger charge is -2.50. The minimum absolute atomic E-state index is 0.0641. The molecule has 0 aromatic heterocycles. The number of primary amides is 1. The summed E-state index contributed by atoms with van der Waals surface area (Å²) in [6.07, 6.45) is -0.00201. The summed E-state index contributed by atoms with van der Waals surface area (Å²) in [6.45, 7) is 0. The molecule has 0 bridgehead atoms. The molecule has 8 N–H and O–H groups in total. The largest absolute Gasteiger partial charge is 0.510 e. The van der Waals surface area contributed by atoms with Gasteiger partial charge in [-0.2, -0.15) is 0 Å². The Morgan fingerprint density at radius 1 is 1.02 bits per heavy atom. The molecule has 3 aliphatic rings. The molecule has 0 saturated carbocycles. The number of aliphatic hydroxyl groups is 3. The lowest BCUT2D eigenvalue weighted by atomic mass is 9.58. The lowest BCUT2D eigenvalue weighted by molar-refractivity contribution is -0.148. The second-order valence-corrected chi connectivity index (χ2v) is 11.8. The van der Waals surface area contributed by atoms with Crippen LogP contribution < -0.4 is 21.3 Å². The standard InChI is InChI=1S/C31H33N5O9/c1-35(2)18-12-17(33-30(44)34-29(43)13-8-6-5-7-9-13)23(37)20-15(18)10-14-11-16-22(36(3)4)25(39)21(28(32)42)27(41)31(16,45)26(40)19(14)24(20)38/h5-9,12,14,16,22,37,39-40,45H,10-11H2,1-4H3,(H2,32,42)(H2,33,34,43,44). The summed E-state index contributed by atoms with van der Waals surface area (Å²) in [6, 6.07) is 7.27. The molecule has 5 rings (SSSR count). The van der Waals surface area contributed by atoms with Crippen molar-refractivity contribution in [2.45, 2.75) is 24.5 Å². The van der Waals surface area contributed by atoms with Crippen LogP contribution in [0.2, 0.25) is 0 Å². The van der Waals surface area contributed by atoms with Crippen LogP contribution in [0.5, 0.6) is 5.75 Å². The molecule has 14 nitrogen and oxygen atoms in total. The molecule has 2 aromatic rings. The van der Waals surface area contributed by atoms with Gasteiger partial charge in [0.25, 0.3) is 11.8 Å². The number of nitrogens with one attached hydrogen (secondary N) is 2. The summed E-state index contributed by atoms with van der Waals surface area (Å²) in [5.41, 5.74) is 1.87. The van der Waals surface area contributed by atoms with Crippen LogP contribution in [-0.4, -0.2) is 94.6 Å². The first-order valence-corrected chi connectivity index (χ1v) is 14.0. The van der Waals surface area contributed by atoms with Gasteiger partial charge in [0.05, 0.1) is 17.3 Å². The van der Waals surface area contributed by atoms with Crippen molar-refractivity contribution in [2.24, 2.45) is 17.6 Å². The van der Waals surface area contributed by atoms with E-state index in [2.05, 4.69) is 10.6 Å². The van der Waals surface area contributed by atoms with E-state index in [-0.39, 0.29) is 35.2 Å². The number of allylic oxidation sites excluding steroid dienone is 1. The molecule has 4 amide bonds. The van der Waals surface area contributed by atoms with Gasteiger partial charge in [0, 0.05) is 36.8 Å². The van der Waals surface area contributed by atoms with E-state index < -0.39 is 75.7 Å². The van der Waals surface area contributed by atoms with Crippen LogP contribution in [0, 0.1) is 11.8 Å². The fourth-order valence-corrected chi connectivity index (χ4v) is 6.71. The summed E-state index contributed by atoms with van der Waals surface area (Å²) >= 11 is 0. The molecule has 4 atom stereocenters. The highest BCUT2D eigenvalue weighted by molar-refractivity contribution is 6.25. The molecule has 2 aromatic carbocycles. The number of benzene rings is 2. The first kappa shape index (κ1) is 31.2. The van der Waals surface area contributed by atoms with Gasteiger partial charge in [-0.25, -0.2) is 4.79 Å². The maximum Gasteiger partial charge on any atom is 0.326 e. The Balaban J connectivity index is 1.60. The van der Waals surface area contributed by atoms with Crippen molar-refractivity contribution in [1.29, 1.82) is 0 Å². The number of hydrogen-bond donors (Lipinski definition) is 7. The fourth-order valence-electron chi connectivity index (χ4n) is 6.71. The Labute approximate surface area is 257 Å². The normalized spacial score (nSPS) is 24.1. The number of amides is 4. The zero-order valence-electron chi connectivity index (χ0n) is 24.9. The third-order valence-electron chi connectivity index (χ3n) is 8.69. The van der Waals surface area contributed by atoms with E-state index in [1.54, 1.807) is 51.3 Å². The van der Waals surface area contributed by atoms with Crippen LogP contribution in [0.4, 0.5) is 16.2 Å². The number of nitrogens with two attached hydrogens (primary N) is 1. The van der Waals surface area contributed by atoms with Crippen LogP contribution in [0.1, 0.15) is 32.7 Å². The smallest absolute Gasteiger partial charge is 0.326 e. The van der Waals surface area contributed by atoms with E-state index in [0.29, 0.717) is 11.3 Å². The van der Waals surface area contributed by atoms with Gasteiger partial charge in [-0.1, -0.05) is 18.2 Å².